The molecule has 0 saturated heterocycles. The molecule has 146 valence electrons. The smallest absolute Gasteiger partial charge is 0.275 e. The van der Waals surface area contributed by atoms with E-state index in [9.17, 15) is 9.59 Å². The van der Waals surface area contributed by atoms with E-state index in [0.717, 1.165) is 5.56 Å². The maximum Gasteiger partial charge on any atom is 0.275 e. The molecule has 0 saturated carbocycles. The Morgan fingerprint density at radius 1 is 1.21 bits per heavy atom. The van der Waals surface area contributed by atoms with Crippen LogP contribution in [0.4, 0.5) is 5.69 Å². The second kappa shape index (κ2) is 7.64. The molecule has 0 unspecified atom stereocenters. The Balaban J connectivity index is 1.74. The molecule has 1 N–H and O–H groups in total. The average molecular weight is 400 g/mol. The lowest BCUT2D eigenvalue weighted by Gasteiger charge is -2.28. The number of hydrogen-bond donors (Lipinski definition) is 1. The summed E-state index contributed by atoms with van der Waals surface area (Å²) in [6.07, 6.45) is 0. The third-order valence-electron chi connectivity index (χ3n) is 4.61. The van der Waals surface area contributed by atoms with Crippen molar-refractivity contribution in [2.45, 2.75) is 26.4 Å². The van der Waals surface area contributed by atoms with E-state index < -0.39 is 5.66 Å². The Morgan fingerprint density at radius 2 is 1.89 bits per heavy atom. The predicted octanol–water partition coefficient (Wildman–Crippen LogP) is 3.66. The highest BCUT2D eigenvalue weighted by Gasteiger charge is 2.41. The summed E-state index contributed by atoms with van der Waals surface area (Å²) in [6, 6.07) is 12.4. The first kappa shape index (κ1) is 19.9. The van der Waals surface area contributed by atoms with Crippen molar-refractivity contribution in [3.05, 3.63) is 58.6 Å². The quantitative estimate of drug-likeness (QED) is 0.833. The summed E-state index contributed by atoms with van der Waals surface area (Å²) in [6.45, 7) is 5.38. The minimum absolute atomic E-state index is 0.111. The van der Waals surface area contributed by atoms with Crippen molar-refractivity contribution in [2.24, 2.45) is 4.99 Å². The van der Waals surface area contributed by atoms with Gasteiger partial charge in [-0.2, -0.15) is 0 Å². The largest absolute Gasteiger partial charge is 0.497 e. The fourth-order valence-electron chi connectivity index (χ4n) is 2.98. The van der Waals surface area contributed by atoms with Gasteiger partial charge in [-0.25, -0.2) is 0 Å². The van der Waals surface area contributed by atoms with Crippen molar-refractivity contribution in [1.29, 1.82) is 0 Å². The number of halogens is 1. The van der Waals surface area contributed by atoms with Crippen molar-refractivity contribution in [3.8, 4) is 5.75 Å². The molecule has 6 nitrogen and oxygen atoms in total. The van der Waals surface area contributed by atoms with Crippen LogP contribution in [0.5, 0.6) is 5.75 Å². The standard InChI is InChI=1S/C21H22ClN3O3/c1-13-5-8-15(11-17(13)22)23-18(26)12-25-20(27)19(24-21(25,2)3)14-6-9-16(28-4)10-7-14/h5-11H,12H2,1-4H3,(H,23,26). The van der Waals surface area contributed by atoms with Gasteiger partial charge in [0.05, 0.1) is 7.11 Å². The maximum atomic E-state index is 12.9. The van der Waals surface area contributed by atoms with Crippen LogP contribution in [0.15, 0.2) is 47.5 Å². The van der Waals surface area contributed by atoms with Gasteiger partial charge in [0, 0.05) is 16.3 Å². The van der Waals surface area contributed by atoms with Gasteiger partial charge < -0.3 is 15.0 Å². The van der Waals surface area contributed by atoms with Gasteiger partial charge in [-0.05, 0) is 62.7 Å². The number of nitrogens with one attached hydrogen (secondary N) is 1. The Bertz CT molecular complexity index is 952. The molecule has 2 aromatic carbocycles. The fraction of sp³-hybridized carbons (Fsp3) is 0.286. The summed E-state index contributed by atoms with van der Waals surface area (Å²) in [5, 5.41) is 3.35. The van der Waals surface area contributed by atoms with Crippen LogP contribution < -0.4 is 10.1 Å². The zero-order valence-corrected chi connectivity index (χ0v) is 17.0. The first-order chi connectivity index (χ1) is 13.2. The van der Waals surface area contributed by atoms with Gasteiger partial charge in [0.15, 0.2) is 0 Å². The van der Waals surface area contributed by atoms with Crippen LogP contribution in [-0.4, -0.2) is 41.7 Å². The molecule has 7 heteroatoms. The summed E-state index contributed by atoms with van der Waals surface area (Å²) >= 11 is 6.10. The first-order valence-corrected chi connectivity index (χ1v) is 9.21. The number of carbonyl (C=O) groups is 2. The normalized spacial score (nSPS) is 15.4. The first-order valence-electron chi connectivity index (χ1n) is 8.83. The monoisotopic (exact) mass is 399 g/mol. The van der Waals surface area contributed by atoms with Gasteiger partial charge in [-0.15, -0.1) is 0 Å². The Kier molecular flexibility index (Phi) is 5.42. The van der Waals surface area contributed by atoms with Crippen molar-refractivity contribution in [3.63, 3.8) is 0 Å². The second-order valence-electron chi connectivity index (χ2n) is 7.09. The Labute approximate surface area is 169 Å². The van der Waals surface area contributed by atoms with Gasteiger partial charge in [0.2, 0.25) is 5.91 Å². The molecular formula is C21H22ClN3O3. The fourth-order valence-corrected chi connectivity index (χ4v) is 3.16. The predicted molar refractivity (Wildman–Crippen MR) is 110 cm³/mol. The van der Waals surface area contributed by atoms with E-state index in [2.05, 4.69) is 10.3 Å². The van der Waals surface area contributed by atoms with E-state index in [1.807, 2.05) is 13.0 Å². The number of rotatable bonds is 5. The van der Waals surface area contributed by atoms with Crippen molar-refractivity contribution < 1.29 is 14.3 Å². The lowest BCUT2D eigenvalue weighted by molar-refractivity contribution is -0.131. The average Bonchev–Trinajstić information content (AvgIpc) is 2.88. The number of anilines is 1. The molecule has 2 amide bonds. The lowest BCUT2D eigenvalue weighted by atomic mass is 10.1. The summed E-state index contributed by atoms with van der Waals surface area (Å²) in [5.74, 6) is 0.0989. The number of hydrogen-bond acceptors (Lipinski definition) is 4. The number of nitrogens with zero attached hydrogens (tertiary/aromatic N) is 2. The highest BCUT2D eigenvalue weighted by Crippen LogP contribution is 2.27. The molecule has 1 aliphatic heterocycles. The number of benzene rings is 2. The van der Waals surface area contributed by atoms with E-state index >= 15 is 0 Å². The summed E-state index contributed by atoms with van der Waals surface area (Å²) < 4.78 is 5.15. The molecule has 0 aliphatic carbocycles. The van der Waals surface area contributed by atoms with Crippen LogP contribution in [0, 0.1) is 6.92 Å². The molecule has 0 aromatic heterocycles. The van der Waals surface area contributed by atoms with E-state index in [-0.39, 0.29) is 18.4 Å². The van der Waals surface area contributed by atoms with Gasteiger partial charge in [0.25, 0.3) is 5.91 Å². The summed E-state index contributed by atoms with van der Waals surface area (Å²) in [7, 11) is 1.58. The van der Waals surface area contributed by atoms with Crippen LogP contribution >= 0.6 is 11.6 Å². The highest BCUT2D eigenvalue weighted by atomic mass is 35.5. The molecular weight excluding hydrogens is 378 g/mol. The molecule has 0 bridgehead atoms. The van der Waals surface area contributed by atoms with Crippen LogP contribution in [0.1, 0.15) is 25.0 Å². The van der Waals surface area contributed by atoms with E-state index in [1.54, 1.807) is 57.4 Å². The van der Waals surface area contributed by atoms with E-state index in [0.29, 0.717) is 27.7 Å². The third kappa shape index (κ3) is 4.02. The molecule has 2 aromatic rings. The molecule has 3 rings (SSSR count). The number of aliphatic imine (C=N–C) groups is 1. The summed E-state index contributed by atoms with van der Waals surface area (Å²) in [5.41, 5.74) is 1.70. The van der Waals surface area contributed by atoms with Crippen LogP contribution in [0.3, 0.4) is 0 Å². The van der Waals surface area contributed by atoms with Gasteiger partial charge >= 0.3 is 0 Å². The SMILES string of the molecule is COc1ccc(C2=NC(C)(C)N(CC(=O)Nc3ccc(C)c(Cl)c3)C2=O)cc1. The molecule has 0 atom stereocenters. The minimum Gasteiger partial charge on any atom is -0.497 e. The minimum atomic E-state index is -0.825. The van der Waals surface area contributed by atoms with Crippen LogP contribution in [-0.2, 0) is 9.59 Å². The molecule has 1 aliphatic rings. The second-order valence-corrected chi connectivity index (χ2v) is 7.49. The number of aryl methyl sites for hydroxylation is 1. The number of amides is 2. The Hall–Kier alpha value is -2.86. The third-order valence-corrected chi connectivity index (χ3v) is 5.02. The molecule has 1 heterocycles. The number of carbonyl (C=O) groups excluding carboxylic acids is 2. The molecule has 0 spiro atoms. The van der Waals surface area contributed by atoms with Crippen molar-refractivity contribution >= 4 is 34.8 Å². The van der Waals surface area contributed by atoms with Gasteiger partial charge in [-0.1, -0.05) is 17.7 Å². The van der Waals surface area contributed by atoms with Gasteiger partial charge in [-0.3, -0.25) is 14.6 Å². The van der Waals surface area contributed by atoms with E-state index in [4.69, 9.17) is 16.3 Å². The van der Waals surface area contributed by atoms with Crippen LogP contribution in [0.2, 0.25) is 5.02 Å². The van der Waals surface area contributed by atoms with E-state index in [1.165, 1.54) is 4.90 Å². The lowest BCUT2D eigenvalue weighted by Crippen LogP contribution is -2.46. The zero-order chi connectivity index (χ0) is 20.5. The Morgan fingerprint density at radius 3 is 2.50 bits per heavy atom. The van der Waals surface area contributed by atoms with Crippen molar-refractivity contribution in [2.75, 3.05) is 19.0 Å². The number of methoxy groups -OCH3 is 1. The van der Waals surface area contributed by atoms with Crippen molar-refractivity contribution in [1.82, 2.24) is 4.90 Å². The molecule has 28 heavy (non-hydrogen) atoms. The zero-order valence-electron chi connectivity index (χ0n) is 16.2. The number of ether oxygens (including phenoxy) is 1. The molecule has 0 radical (unpaired) electrons. The topological polar surface area (TPSA) is 71.0 Å². The molecule has 0 fully saturated rings. The maximum absolute atomic E-state index is 12.9. The van der Waals surface area contributed by atoms with Crippen LogP contribution in [0.25, 0.3) is 0 Å². The highest BCUT2D eigenvalue weighted by molar-refractivity contribution is 6.47. The summed E-state index contributed by atoms with van der Waals surface area (Å²) in [4.78, 5) is 31.4. The van der Waals surface area contributed by atoms with Gasteiger partial charge in [0.1, 0.15) is 23.7 Å².